The van der Waals surface area contributed by atoms with E-state index in [-0.39, 0.29) is 5.41 Å². The lowest BCUT2D eigenvalue weighted by Gasteiger charge is -2.28. The number of Topliss-reactive ketones (excluding diaryl/α,β-unsaturated/α-hetero) is 1. The predicted molar refractivity (Wildman–Crippen MR) is 52.0 cm³/mol. The Hall–Kier alpha value is -0.370. The van der Waals surface area contributed by atoms with Crippen LogP contribution in [0.25, 0.3) is 0 Å². The maximum atomic E-state index is 11.6. The summed E-state index contributed by atoms with van der Waals surface area (Å²) in [5, 5.41) is 0. The summed E-state index contributed by atoms with van der Waals surface area (Å²) in [6, 6.07) is 0. The Morgan fingerprint density at radius 3 is 2.17 bits per heavy atom. The lowest BCUT2D eigenvalue weighted by molar-refractivity contribution is -0.128. The van der Waals surface area contributed by atoms with Crippen molar-refractivity contribution in [3.63, 3.8) is 0 Å². The fourth-order valence-corrected chi connectivity index (χ4v) is 1.73. The van der Waals surface area contributed by atoms with Gasteiger partial charge in [-0.3, -0.25) is 4.79 Å². The maximum Gasteiger partial charge on any atom is 0.140 e. The van der Waals surface area contributed by atoms with Gasteiger partial charge in [0.1, 0.15) is 5.78 Å². The van der Waals surface area contributed by atoms with Crippen LogP contribution in [0.2, 0.25) is 0 Å². The Balaban J connectivity index is 4.44. The van der Waals surface area contributed by atoms with Gasteiger partial charge in [-0.1, -0.05) is 27.2 Å². The molecule has 0 aromatic carbocycles. The molecule has 12 heavy (non-hydrogen) atoms. The third-order valence-corrected chi connectivity index (χ3v) is 2.71. The molecule has 0 spiro atoms. The van der Waals surface area contributed by atoms with Crippen LogP contribution < -0.4 is 5.73 Å². The topological polar surface area (TPSA) is 43.1 Å². The van der Waals surface area contributed by atoms with Crippen LogP contribution in [-0.4, -0.2) is 12.3 Å². The van der Waals surface area contributed by atoms with Gasteiger partial charge in [0.2, 0.25) is 0 Å². The summed E-state index contributed by atoms with van der Waals surface area (Å²) >= 11 is 0. The first kappa shape index (κ1) is 11.6. The third-order valence-electron chi connectivity index (χ3n) is 2.71. The average molecular weight is 171 g/mol. The van der Waals surface area contributed by atoms with Gasteiger partial charge in [0.05, 0.1) is 0 Å². The summed E-state index contributed by atoms with van der Waals surface area (Å²) < 4.78 is 0. The largest absolute Gasteiger partial charge is 0.329 e. The normalized spacial score (nSPS) is 15.7. The van der Waals surface area contributed by atoms with Gasteiger partial charge in [-0.05, 0) is 12.8 Å². The van der Waals surface area contributed by atoms with Crippen LogP contribution in [0.1, 0.15) is 46.5 Å². The van der Waals surface area contributed by atoms with Crippen LogP contribution in [0, 0.1) is 5.41 Å². The second-order valence-corrected chi connectivity index (χ2v) is 3.36. The molecule has 0 aliphatic carbocycles. The highest BCUT2D eigenvalue weighted by molar-refractivity contribution is 5.84. The Labute approximate surface area is 75.5 Å². The van der Waals surface area contributed by atoms with Crippen molar-refractivity contribution in [3.8, 4) is 0 Å². The zero-order valence-electron chi connectivity index (χ0n) is 8.52. The van der Waals surface area contributed by atoms with Gasteiger partial charge in [0.15, 0.2) is 0 Å². The minimum absolute atomic E-state index is 0.219. The summed E-state index contributed by atoms with van der Waals surface area (Å²) in [5.41, 5.74) is 5.44. The molecule has 72 valence electrons. The summed E-state index contributed by atoms with van der Waals surface area (Å²) in [4.78, 5) is 11.6. The second-order valence-electron chi connectivity index (χ2n) is 3.36. The van der Waals surface area contributed by atoms with Gasteiger partial charge >= 0.3 is 0 Å². The monoisotopic (exact) mass is 171 g/mol. The maximum absolute atomic E-state index is 11.6. The number of ketones is 1. The van der Waals surface area contributed by atoms with Crippen LogP contribution >= 0.6 is 0 Å². The average Bonchev–Trinajstić information content (AvgIpc) is 2.13. The molecule has 1 atom stereocenters. The molecule has 0 saturated carbocycles. The second kappa shape index (κ2) is 5.31. The van der Waals surface area contributed by atoms with Gasteiger partial charge < -0.3 is 5.73 Å². The van der Waals surface area contributed by atoms with Crippen molar-refractivity contribution in [1.82, 2.24) is 0 Å². The molecule has 0 amide bonds. The van der Waals surface area contributed by atoms with E-state index in [4.69, 9.17) is 5.73 Å². The van der Waals surface area contributed by atoms with E-state index in [2.05, 4.69) is 13.8 Å². The zero-order valence-corrected chi connectivity index (χ0v) is 8.52. The quantitative estimate of drug-likeness (QED) is 0.665. The molecule has 0 aliphatic rings. The molecule has 0 aromatic rings. The van der Waals surface area contributed by atoms with E-state index < -0.39 is 0 Å². The van der Waals surface area contributed by atoms with Crippen LogP contribution in [0.5, 0.6) is 0 Å². The molecule has 0 aliphatic heterocycles. The molecule has 2 N–H and O–H groups in total. The van der Waals surface area contributed by atoms with Gasteiger partial charge in [0, 0.05) is 18.4 Å². The third kappa shape index (κ3) is 2.31. The van der Waals surface area contributed by atoms with E-state index in [1.165, 1.54) is 0 Å². The Bertz CT molecular complexity index is 139. The van der Waals surface area contributed by atoms with Crippen LogP contribution in [0.4, 0.5) is 0 Å². The number of carbonyl (C=O) groups is 1. The first-order valence-electron chi connectivity index (χ1n) is 4.90. The summed E-state index contributed by atoms with van der Waals surface area (Å²) in [6.45, 7) is 6.57. The van der Waals surface area contributed by atoms with Crippen molar-refractivity contribution in [3.05, 3.63) is 0 Å². The van der Waals surface area contributed by atoms with E-state index in [9.17, 15) is 4.79 Å². The van der Waals surface area contributed by atoms with Crippen LogP contribution in [0.3, 0.4) is 0 Å². The molecule has 2 heteroatoms. The van der Waals surface area contributed by atoms with Gasteiger partial charge in [-0.25, -0.2) is 0 Å². The van der Waals surface area contributed by atoms with E-state index in [0.29, 0.717) is 18.7 Å². The first-order chi connectivity index (χ1) is 5.66. The number of nitrogens with two attached hydrogens (primary N) is 1. The number of hydrogen-bond acceptors (Lipinski definition) is 2. The number of carbonyl (C=O) groups excluding carboxylic acids is 1. The van der Waals surface area contributed by atoms with Crippen molar-refractivity contribution < 1.29 is 4.79 Å². The fourth-order valence-electron chi connectivity index (χ4n) is 1.73. The standard InChI is InChI=1S/C10H21NO/c1-4-7-10(6-3,8-11)9(12)5-2/h4-8,11H2,1-3H3. The molecule has 0 aromatic heterocycles. The molecule has 0 saturated heterocycles. The van der Waals surface area contributed by atoms with Gasteiger partial charge in [-0.15, -0.1) is 0 Å². The highest BCUT2D eigenvalue weighted by Gasteiger charge is 2.32. The molecule has 0 rings (SSSR count). The van der Waals surface area contributed by atoms with Crippen molar-refractivity contribution >= 4 is 5.78 Å². The summed E-state index contributed by atoms with van der Waals surface area (Å²) in [7, 11) is 0. The number of hydrogen-bond donors (Lipinski definition) is 1. The van der Waals surface area contributed by atoms with Gasteiger partial charge in [-0.2, -0.15) is 0 Å². The molecular formula is C10H21NO. The fraction of sp³-hybridized carbons (Fsp3) is 0.900. The Kier molecular flexibility index (Phi) is 5.14. The molecule has 0 bridgehead atoms. The number of rotatable bonds is 6. The minimum atomic E-state index is -0.219. The minimum Gasteiger partial charge on any atom is -0.329 e. The highest BCUT2D eigenvalue weighted by Crippen LogP contribution is 2.29. The summed E-state index contributed by atoms with van der Waals surface area (Å²) in [5.74, 6) is 0.328. The van der Waals surface area contributed by atoms with E-state index in [1.54, 1.807) is 0 Å². The molecule has 0 fully saturated rings. The zero-order chi connectivity index (χ0) is 9.61. The van der Waals surface area contributed by atoms with E-state index in [0.717, 1.165) is 19.3 Å². The summed E-state index contributed by atoms with van der Waals surface area (Å²) in [6.07, 6.45) is 3.47. The molecule has 0 radical (unpaired) electrons. The van der Waals surface area contributed by atoms with Crippen molar-refractivity contribution in [2.75, 3.05) is 6.54 Å². The Morgan fingerprint density at radius 1 is 1.33 bits per heavy atom. The highest BCUT2D eigenvalue weighted by atomic mass is 16.1. The lowest BCUT2D eigenvalue weighted by atomic mass is 9.76. The molecule has 1 unspecified atom stereocenters. The molecule has 0 heterocycles. The van der Waals surface area contributed by atoms with E-state index >= 15 is 0 Å². The first-order valence-corrected chi connectivity index (χ1v) is 4.90. The predicted octanol–water partition coefficient (Wildman–Crippen LogP) is 2.12. The van der Waals surface area contributed by atoms with Crippen molar-refractivity contribution in [2.45, 2.75) is 46.5 Å². The molecule has 2 nitrogen and oxygen atoms in total. The smallest absolute Gasteiger partial charge is 0.140 e. The van der Waals surface area contributed by atoms with Crippen molar-refractivity contribution in [2.24, 2.45) is 11.1 Å². The Morgan fingerprint density at radius 2 is 1.92 bits per heavy atom. The molecular weight excluding hydrogens is 150 g/mol. The van der Waals surface area contributed by atoms with Gasteiger partial charge in [0.25, 0.3) is 0 Å². The SMILES string of the molecule is CCCC(CC)(CN)C(=O)CC. The van der Waals surface area contributed by atoms with Crippen LogP contribution in [0.15, 0.2) is 0 Å². The lowest BCUT2D eigenvalue weighted by Crippen LogP contribution is -2.37. The van der Waals surface area contributed by atoms with Crippen LogP contribution in [-0.2, 0) is 4.79 Å². The van der Waals surface area contributed by atoms with E-state index in [1.807, 2.05) is 6.92 Å². The van der Waals surface area contributed by atoms with Crippen molar-refractivity contribution in [1.29, 1.82) is 0 Å².